The molecule has 0 unspecified atom stereocenters. The van der Waals surface area contributed by atoms with Crippen LogP contribution in [0.4, 0.5) is 19.0 Å². The van der Waals surface area contributed by atoms with Crippen LogP contribution in [0.1, 0.15) is 5.56 Å². The van der Waals surface area contributed by atoms with E-state index in [2.05, 4.69) is 9.80 Å². The van der Waals surface area contributed by atoms with Crippen molar-refractivity contribution in [2.45, 2.75) is 6.18 Å². The van der Waals surface area contributed by atoms with Crippen molar-refractivity contribution in [1.29, 1.82) is 0 Å². The lowest BCUT2D eigenvalue weighted by molar-refractivity contribution is -0.137. The van der Waals surface area contributed by atoms with Gasteiger partial charge < -0.3 is 10.6 Å². The minimum absolute atomic E-state index is 0.399. The minimum atomic E-state index is -4.46. The van der Waals surface area contributed by atoms with E-state index in [0.717, 1.165) is 61.3 Å². The first-order chi connectivity index (χ1) is 17.9. The number of aromatic nitrogens is 2. The van der Waals surface area contributed by atoms with Gasteiger partial charge in [-0.05, 0) is 17.7 Å². The van der Waals surface area contributed by atoms with Gasteiger partial charge in [-0.25, -0.2) is 9.97 Å². The van der Waals surface area contributed by atoms with Crippen LogP contribution in [0.15, 0.2) is 84.9 Å². The Hall–Kier alpha value is -3.75. The lowest BCUT2D eigenvalue weighted by Crippen LogP contribution is -2.48. The zero-order valence-electron chi connectivity index (χ0n) is 20.3. The first-order valence-corrected chi connectivity index (χ1v) is 12.3. The highest BCUT2D eigenvalue weighted by Gasteiger charge is 2.31. The summed E-state index contributed by atoms with van der Waals surface area (Å²) in [4.78, 5) is 14.4. The second-order valence-corrected chi connectivity index (χ2v) is 9.02. The zero-order valence-corrected chi connectivity index (χ0v) is 20.3. The number of anilines is 1. The third kappa shape index (κ3) is 5.50. The van der Waals surface area contributed by atoms with E-state index in [-0.39, 0.29) is 0 Å². The number of hydrogen-bond donors (Lipinski definition) is 1. The van der Waals surface area contributed by atoms with E-state index < -0.39 is 11.7 Å². The molecule has 1 aliphatic rings. The Morgan fingerprint density at radius 3 is 1.97 bits per heavy atom. The molecule has 190 valence electrons. The van der Waals surface area contributed by atoms with Gasteiger partial charge in [-0.1, -0.05) is 72.8 Å². The number of halogens is 3. The molecule has 1 aliphatic heterocycles. The Morgan fingerprint density at radius 2 is 1.35 bits per heavy atom. The van der Waals surface area contributed by atoms with Crippen molar-refractivity contribution in [1.82, 2.24) is 14.9 Å². The predicted octanol–water partition coefficient (Wildman–Crippen LogP) is 5.58. The van der Waals surface area contributed by atoms with Crippen molar-refractivity contribution in [2.75, 3.05) is 44.2 Å². The van der Waals surface area contributed by atoms with E-state index in [9.17, 15) is 13.2 Å². The van der Waals surface area contributed by atoms with Crippen LogP contribution in [0, 0.1) is 0 Å². The predicted molar refractivity (Wildman–Crippen MR) is 141 cm³/mol. The molecule has 0 saturated carbocycles. The van der Waals surface area contributed by atoms with Crippen molar-refractivity contribution in [3.8, 4) is 33.8 Å². The van der Waals surface area contributed by atoms with Gasteiger partial charge in [0.15, 0.2) is 5.82 Å². The van der Waals surface area contributed by atoms with Crippen LogP contribution < -0.4 is 10.6 Å². The number of rotatable bonds is 6. The second kappa shape index (κ2) is 10.7. The van der Waals surface area contributed by atoms with Gasteiger partial charge in [0.05, 0.1) is 16.8 Å². The molecule has 8 heteroatoms. The summed E-state index contributed by atoms with van der Waals surface area (Å²) in [5.74, 6) is 1.20. The standard InChI is InChI=1S/C29H28F3N5/c30-29(31,32)24-13-7-12-23(20-24)26-25(21-8-3-1-4-9-21)28(37-18-16-36(15-14-33)17-19-37)35-27(34-26)22-10-5-2-6-11-22/h1-13,20H,14-19,33H2. The molecule has 0 aliphatic carbocycles. The number of nitrogens with two attached hydrogens (primary N) is 1. The summed E-state index contributed by atoms with van der Waals surface area (Å²) in [6, 6.07) is 24.6. The molecule has 5 rings (SSSR count). The SMILES string of the molecule is NCCN1CCN(c2nc(-c3ccccc3)nc(-c3cccc(C(F)(F)F)c3)c2-c2ccccc2)CC1. The fourth-order valence-corrected chi connectivity index (χ4v) is 4.68. The highest BCUT2D eigenvalue weighted by Crippen LogP contribution is 2.41. The van der Waals surface area contributed by atoms with Gasteiger partial charge >= 0.3 is 6.18 Å². The summed E-state index contributed by atoms with van der Waals surface area (Å²) in [5, 5.41) is 0. The third-order valence-corrected chi connectivity index (χ3v) is 6.56. The molecule has 3 aromatic carbocycles. The second-order valence-electron chi connectivity index (χ2n) is 9.02. The molecule has 0 atom stereocenters. The molecule has 2 N–H and O–H groups in total. The van der Waals surface area contributed by atoms with E-state index in [4.69, 9.17) is 15.7 Å². The molecule has 0 bridgehead atoms. The summed E-state index contributed by atoms with van der Waals surface area (Å²) in [6.45, 7) is 4.54. The zero-order chi connectivity index (χ0) is 25.8. The highest BCUT2D eigenvalue weighted by atomic mass is 19.4. The Kier molecular flexibility index (Phi) is 7.21. The van der Waals surface area contributed by atoms with Crippen molar-refractivity contribution in [3.05, 3.63) is 90.5 Å². The first-order valence-electron chi connectivity index (χ1n) is 12.3. The van der Waals surface area contributed by atoms with Crippen LogP contribution >= 0.6 is 0 Å². The van der Waals surface area contributed by atoms with Gasteiger partial charge in [-0.2, -0.15) is 13.2 Å². The normalized spacial score (nSPS) is 14.6. The van der Waals surface area contributed by atoms with E-state index in [1.54, 1.807) is 6.07 Å². The van der Waals surface area contributed by atoms with Gasteiger partial charge in [0.25, 0.3) is 0 Å². The molecule has 0 spiro atoms. The molecular weight excluding hydrogens is 475 g/mol. The quantitative estimate of drug-likeness (QED) is 0.373. The maximum Gasteiger partial charge on any atom is 0.416 e. The van der Waals surface area contributed by atoms with E-state index in [1.165, 1.54) is 12.1 Å². The van der Waals surface area contributed by atoms with E-state index >= 15 is 0 Å². The maximum absolute atomic E-state index is 13.7. The monoisotopic (exact) mass is 503 g/mol. The molecule has 2 heterocycles. The Balaban J connectivity index is 1.73. The fraction of sp³-hybridized carbons (Fsp3) is 0.241. The molecule has 4 aromatic rings. The molecular formula is C29H28F3N5. The van der Waals surface area contributed by atoms with Crippen LogP contribution in [-0.2, 0) is 6.18 Å². The van der Waals surface area contributed by atoms with Crippen molar-refractivity contribution >= 4 is 5.82 Å². The lowest BCUT2D eigenvalue weighted by atomic mass is 9.97. The van der Waals surface area contributed by atoms with Crippen LogP contribution in [0.25, 0.3) is 33.8 Å². The smallest absolute Gasteiger partial charge is 0.353 e. The maximum atomic E-state index is 13.7. The largest absolute Gasteiger partial charge is 0.416 e. The molecule has 1 saturated heterocycles. The summed E-state index contributed by atoms with van der Waals surface area (Å²) in [5.41, 5.74) is 8.32. The average Bonchev–Trinajstić information content (AvgIpc) is 2.93. The van der Waals surface area contributed by atoms with Crippen LogP contribution in [-0.4, -0.2) is 54.1 Å². The first kappa shape index (κ1) is 24.9. The van der Waals surface area contributed by atoms with E-state index in [0.29, 0.717) is 23.6 Å². The van der Waals surface area contributed by atoms with Gasteiger partial charge in [0.2, 0.25) is 0 Å². The van der Waals surface area contributed by atoms with Gasteiger partial charge in [0, 0.05) is 50.4 Å². The summed E-state index contributed by atoms with van der Waals surface area (Å²) in [6.07, 6.45) is -4.46. The van der Waals surface area contributed by atoms with E-state index in [1.807, 2.05) is 60.7 Å². The molecule has 0 radical (unpaired) electrons. The van der Waals surface area contributed by atoms with Gasteiger partial charge in [-0.15, -0.1) is 0 Å². The summed E-state index contributed by atoms with van der Waals surface area (Å²) < 4.78 is 41.0. The van der Waals surface area contributed by atoms with Gasteiger partial charge in [0.1, 0.15) is 5.82 Å². The third-order valence-electron chi connectivity index (χ3n) is 6.56. The Morgan fingerprint density at radius 1 is 0.730 bits per heavy atom. The summed E-state index contributed by atoms with van der Waals surface area (Å²) >= 11 is 0. The Labute approximate surface area is 214 Å². The van der Waals surface area contributed by atoms with Crippen LogP contribution in [0.3, 0.4) is 0 Å². The number of piperazine rings is 1. The fourth-order valence-electron chi connectivity index (χ4n) is 4.68. The Bertz CT molecular complexity index is 1340. The molecule has 5 nitrogen and oxygen atoms in total. The number of nitrogens with zero attached hydrogens (tertiary/aromatic N) is 4. The van der Waals surface area contributed by atoms with Crippen molar-refractivity contribution in [2.24, 2.45) is 5.73 Å². The number of alkyl halides is 3. The van der Waals surface area contributed by atoms with Gasteiger partial charge in [-0.3, -0.25) is 4.90 Å². The van der Waals surface area contributed by atoms with Crippen LogP contribution in [0.5, 0.6) is 0 Å². The molecule has 0 amide bonds. The average molecular weight is 504 g/mol. The number of hydrogen-bond acceptors (Lipinski definition) is 5. The van der Waals surface area contributed by atoms with Crippen molar-refractivity contribution < 1.29 is 13.2 Å². The summed E-state index contributed by atoms with van der Waals surface area (Å²) in [7, 11) is 0. The highest BCUT2D eigenvalue weighted by molar-refractivity contribution is 5.90. The van der Waals surface area contributed by atoms with Crippen molar-refractivity contribution in [3.63, 3.8) is 0 Å². The molecule has 37 heavy (non-hydrogen) atoms. The van der Waals surface area contributed by atoms with Crippen LogP contribution in [0.2, 0.25) is 0 Å². The lowest BCUT2D eigenvalue weighted by Gasteiger charge is -2.36. The number of benzene rings is 3. The molecule has 1 aromatic heterocycles. The minimum Gasteiger partial charge on any atom is -0.353 e. The molecule has 1 fully saturated rings. The topological polar surface area (TPSA) is 58.3 Å².